The van der Waals surface area contributed by atoms with E-state index in [9.17, 15) is 0 Å². The molecule has 0 spiro atoms. The van der Waals surface area contributed by atoms with Crippen molar-refractivity contribution in [1.82, 2.24) is 9.97 Å². The molecular weight excluding hydrogens is 264 g/mol. The lowest BCUT2D eigenvalue weighted by Gasteiger charge is -2.13. The highest BCUT2D eigenvalue weighted by atomic mass is 16.5. The van der Waals surface area contributed by atoms with E-state index in [1.165, 1.54) is 0 Å². The fourth-order valence-electron chi connectivity index (χ4n) is 2.16. The molecule has 112 valence electrons. The largest absolute Gasteiger partial charge is 0.497 e. The zero-order valence-electron chi connectivity index (χ0n) is 12.8. The number of methoxy groups -OCH3 is 1. The van der Waals surface area contributed by atoms with Crippen molar-refractivity contribution in [3.05, 3.63) is 35.7 Å². The molecule has 0 unspecified atom stereocenters. The van der Waals surface area contributed by atoms with Gasteiger partial charge in [0.05, 0.1) is 24.2 Å². The van der Waals surface area contributed by atoms with E-state index >= 15 is 0 Å². The first-order valence-electron chi connectivity index (χ1n) is 7.09. The Morgan fingerprint density at radius 3 is 2.24 bits per heavy atom. The molecule has 1 aromatic heterocycles. The van der Waals surface area contributed by atoms with Gasteiger partial charge in [-0.3, -0.25) is 0 Å². The average molecular weight is 286 g/mol. The first-order valence-corrected chi connectivity index (χ1v) is 7.09. The van der Waals surface area contributed by atoms with E-state index in [0.29, 0.717) is 6.54 Å². The van der Waals surface area contributed by atoms with E-state index in [0.717, 1.165) is 47.2 Å². The summed E-state index contributed by atoms with van der Waals surface area (Å²) >= 11 is 0. The van der Waals surface area contributed by atoms with Crippen molar-refractivity contribution in [2.24, 2.45) is 5.73 Å². The highest BCUT2D eigenvalue weighted by molar-refractivity contribution is 5.61. The molecule has 0 aliphatic heterocycles. The third-order valence-corrected chi connectivity index (χ3v) is 3.30. The van der Waals surface area contributed by atoms with Crippen molar-refractivity contribution >= 4 is 5.69 Å². The van der Waals surface area contributed by atoms with E-state index in [4.69, 9.17) is 10.5 Å². The number of hydrogen-bond acceptors (Lipinski definition) is 5. The first-order chi connectivity index (χ1) is 10.2. The maximum absolute atomic E-state index is 5.51. The van der Waals surface area contributed by atoms with Gasteiger partial charge >= 0.3 is 0 Å². The molecule has 0 aliphatic rings. The lowest BCUT2D eigenvalue weighted by Crippen LogP contribution is -2.11. The molecule has 21 heavy (non-hydrogen) atoms. The SMILES string of the molecule is COc1ccc(-c2nc(C)c(NCCCN)c(C)n2)cc1. The lowest BCUT2D eigenvalue weighted by molar-refractivity contribution is 0.415. The van der Waals surface area contributed by atoms with Gasteiger partial charge in [0.25, 0.3) is 0 Å². The van der Waals surface area contributed by atoms with Gasteiger partial charge in [0, 0.05) is 12.1 Å². The summed E-state index contributed by atoms with van der Waals surface area (Å²) in [6.07, 6.45) is 0.930. The maximum Gasteiger partial charge on any atom is 0.159 e. The number of rotatable bonds is 6. The molecule has 0 bridgehead atoms. The molecule has 5 heteroatoms. The number of anilines is 1. The Morgan fingerprint density at radius 1 is 1.10 bits per heavy atom. The van der Waals surface area contributed by atoms with E-state index in [2.05, 4.69) is 15.3 Å². The van der Waals surface area contributed by atoms with Crippen LogP contribution in [0.5, 0.6) is 5.75 Å². The number of aromatic nitrogens is 2. The number of ether oxygens (including phenoxy) is 1. The summed E-state index contributed by atoms with van der Waals surface area (Å²) in [6, 6.07) is 7.76. The van der Waals surface area contributed by atoms with Gasteiger partial charge in [-0.2, -0.15) is 0 Å². The van der Waals surface area contributed by atoms with Crippen molar-refractivity contribution < 1.29 is 4.74 Å². The molecule has 0 radical (unpaired) electrons. The van der Waals surface area contributed by atoms with Crippen LogP contribution in [-0.4, -0.2) is 30.2 Å². The Morgan fingerprint density at radius 2 is 1.71 bits per heavy atom. The maximum atomic E-state index is 5.51. The van der Waals surface area contributed by atoms with Crippen LogP contribution in [0.1, 0.15) is 17.8 Å². The molecule has 0 amide bonds. The summed E-state index contributed by atoms with van der Waals surface area (Å²) in [7, 11) is 1.65. The third-order valence-electron chi connectivity index (χ3n) is 3.30. The Kier molecular flexibility index (Phi) is 5.11. The van der Waals surface area contributed by atoms with Gasteiger partial charge in [-0.05, 0) is 51.1 Å². The van der Waals surface area contributed by atoms with Crippen molar-refractivity contribution in [3.8, 4) is 17.1 Å². The summed E-state index contributed by atoms with van der Waals surface area (Å²) in [5.41, 5.74) is 9.39. The van der Waals surface area contributed by atoms with Crippen LogP contribution in [0.3, 0.4) is 0 Å². The second-order valence-electron chi connectivity index (χ2n) is 4.89. The fraction of sp³-hybridized carbons (Fsp3) is 0.375. The number of hydrogen-bond donors (Lipinski definition) is 2. The van der Waals surface area contributed by atoms with Gasteiger partial charge in [0.2, 0.25) is 0 Å². The Balaban J connectivity index is 2.25. The van der Waals surface area contributed by atoms with Crippen molar-refractivity contribution in [1.29, 1.82) is 0 Å². The van der Waals surface area contributed by atoms with Gasteiger partial charge < -0.3 is 15.8 Å². The molecule has 1 heterocycles. The summed E-state index contributed by atoms with van der Waals surface area (Å²) in [6.45, 7) is 5.50. The third kappa shape index (κ3) is 3.70. The van der Waals surface area contributed by atoms with Gasteiger partial charge in [0.15, 0.2) is 5.82 Å². The number of nitrogens with zero attached hydrogens (tertiary/aromatic N) is 2. The van der Waals surface area contributed by atoms with Crippen LogP contribution in [0.25, 0.3) is 11.4 Å². The zero-order valence-corrected chi connectivity index (χ0v) is 12.8. The molecule has 0 atom stereocenters. The van der Waals surface area contributed by atoms with Crippen LogP contribution in [0.15, 0.2) is 24.3 Å². The Hall–Kier alpha value is -2.14. The van der Waals surface area contributed by atoms with Gasteiger partial charge in [-0.25, -0.2) is 9.97 Å². The van der Waals surface area contributed by atoms with Gasteiger partial charge in [-0.15, -0.1) is 0 Å². The number of aryl methyl sites for hydroxylation is 2. The van der Waals surface area contributed by atoms with E-state index in [-0.39, 0.29) is 0 Å². The van der Waals surface area contributed by atoms with Crippen LogP contribution in [-0.2, 0) is 0 Å². The topological polar surface area (TPSA) is 73.1 Å². The summed E-state index contributed by atoms with van der Waals surface area (Å²) in [4.78, 5) is 9.19. The molecule has 0 saturated heterocycles. The molecule has 0 aliphatic carbocycles. The van der Waals surface area contributed by atoms with E-state index in [1.54, 1.807) is 7.11 Å². The lowest BCUT2D eigenvalue weighted by atomic mass is 10.2. The van der Waals surface area contributed by atoms with Crippen LogP contribution in [0.2, 0.25) is 0 Å². The smallest absolute Gasteiger partial charge is 0.159 e. The predicted molar refractivity (Wildman–Crippen MR) is 85.7 cm³/mol. The molecule has 0 saturated carbocycles. The normalized spacial score (nSPS) is 10.5. The van der Waals surface area contributed by atoms with E-state index in [1.807, 2.05) is 38.1 Å². The number of nitrogens with one attached hydrogen (secondary N) is 1. The number of nitrogens with two attached hydrogens (primary N) is 1. The molecular formula is C16H22N4O. The minimum absolute atomic E-state index is 0.676. The molecule has 2 aromatic rings. The average Bonchev–Trinajstić information content (AvgIpc) is 2.50. The highest BCUT2D eigenvalue weighted by Crippen LogP contribution is 2.23. The van der Waals surface area contributed by atoms with Crippen LogP contribution in [0, 0.1) is 13.8 Å². The molecule has 5 nitrogen and oxygen atoms in total. The minimum Gasteiger partial charge on any atom is -0.497 e. The summed E-state index contributed by atoms with van der Waals surface area (Å²) in [5, 5.41) is 3.35. The highest BCUT2D eigenvalue weighted by Gasteiger charge is 2.09. The first kappa shape index (κ1) is 15.3. The van der Waals surface area contributed by atoms with Gasteiger partial charge in [0.1, 0.15) is 5.75 Å². The molecule has 0 fully saturated rings. The summed E-state index contributed by atoms with van der Waals surface area (Å²) in [5.74, 6) is 1.56. The molecule has 3 N–H and O–H groups in total. The number of benzene rings is 1. The predicted octanol–water partition coefficient (Wildman–Crippen LogP) is 2.53. The molecule has 2 rings (SSSR count). The standard InChI is InChI=1S/C16H22N4O/c1-11-15(18-10-4-9-17)12(2)20-16(19-11)13-5-7-14(21-3)8-6-13/h5-8,18H,4,9-10,17H2,1-3H3. The monoisotopic (exact) mass is 286 g/mol. The van der Waals surface area contributed by atoms with Crippen LogP contribution >= 0.6 is 0 Å². The zero-order chi connectivity index (χ0) is 15.2. The van der Waals surface area contributed by atoms with Crippen LogP contribution < -0.4 is 15.8 Å². The fourth-order valence-corrected chi connectivity index (χ4v) is 2.16. The second-order valence-corrected chi connectivity index (χ2v) is 4.89. The van der Waals surface area contributed by atoms with E-state index < -0.39 is 0 Å². The molecule has 1 aromatic carbocycles. The van der Waals surface area contributed by atoms with Crippen molar-refractivity contribution in [3.63, 3.8) is 0 Å². The van der Waals surface area contributed by atoms with Crippen LogP contribution in [0.4, 0.5) is 5.69 Å². The Labute approximate surface area is 125 Å². The summed E-state index contributed by atoms with van der Waals surface area (Å²) < 4.78 is 5.17. The minimum atomic E-state index is 0.676. The van der Waals surface area contributed by atoms with Crippen molar-refractivity contribution in [2.75, 3.05) is 25.5 Å². The quantitative estimate of drug-likeness (QED) is 0.798. The second kappa shape index (κ2) is 7.04. The van der Waals surface area contributed by atoms with Crippen molar-refractivity contribution in [2.45, 2.75) is 20.3 Å². The van der Waals surface area contributed by atoms with Gasteiger partial charge in [-0.1, -0.05) is 0 Å². The Bertz CT molecular complexity index is 573.